The van der Waals surface area contributed by atoms with Crippen LogP contribution in [0.15, 0.2) is 29.2 Å². The average molecular weight is 254 g/mol. The Morgan fingerprint density at radius 3 is 2.63 bits per heavy atom. The highest BCUT2D eigenvalue weighted by molar-refractivity contribution is 6.26. The molecule has 5 nitrogen and oxygen atoms in total. The first-order valence-corrected chi connectivity index (χ1v) is 5.93. The third kappa shape index (κ3) is 1.62. The minimum atomic E-state index is -0.412. The average Bonchev–Trinajstić information content (AvgIpc) is 2.44. The molecular weight excluding hydrogens is 244 g/mol. The van der Waals surface area contributed by atoms with E-state index in [4.69, 9.17) is 0 Å². The van der Waals surface area contributed by atoms with Crippen LogP contribution < -0.4 is 5.56 Å². The smallest absolute Gasteiger partial charge is 0.248 e. The lowest BCUT2D eigenvalue weighted by molar-refractivity contribution is 0.0971. The van der Waals surface area contributed by atoms with Crippen molar-refractivity contribution in [2.45, 2.75) is 13.3 Å². The lowest BCUT2D eigenvalue weighted by Crippen LogP contribution is -2.26. The summed E-state index contributed by atoms with van der Waals surface area (Å²) in [6.45, 7) is 1.95. The Hall–Kier alpha value is -2.56. The standard InChI is InChI=1S/C14H10N2O3/c1-2-7-5-9-11(15-6-7)14(19)12-8(13(9)18)3-4-10(17)16-12/h3-6H,2H2,1H3,(H,16,17). The minimum absolute atomic E-state index is 0.0294. The van der Waals surface area contributed by atoms with Crippen LogP contribution in [-0.2, 0) is 6.42 Å². The first-order chi connectivity index (χ1) is 9.11. The van der Waals surface area contributed by atoms with Crippen molar-refractivity contribution in [1.82, 2.24) is 9.97 Å². The summed E-state index contributed by atoms with van der Waals surface area (Å²) in [6.07, 6.45) is 2.32. The van der Waals surface area contributed by atoms with Crippen molar-refractivity contribution in [2.75, 3.05) is 0 Å². The van der Waals surface area contributed by atoms with E-state index in [-0.39, 0.29) is 22.7 Å². The number of rotatable bonds is 1. The van der Waals surface area contributed by atoms with Crippen LogP contribution in [0.25, 0.3) is 0 Å². The van der Waals surface area contributed by atoms with E-state index in [9.17, 15) is 14.4 Å². The topological polar surface area (TPSA) is 79.9 Å². The number of nitrogens with one attached hydrogen (secondary N) is 1. The summed E-state index contributed by atoms with van der Waals surface area (Å²) >= 11 is 0. The minimum Gasteiger partial charge on any atom is -0.318 e. The highest BCUT2D eigenvalue weighted by Crippen LogP contribution is 2.24. The number of aromatic nitrogens is 2. The maximum absolute atomic E-state index is 12.3. The first kappa shape index (κ1) is 11.5. The highest BCUT2D eigenvalue weighted by atomic mass is 16.1. The Bertz CT molecular complexity index is 775. The van der Waals surface area contributed by atoms with E-state index in [0.717, 1.165) is 12.0 Å². The molecule has 0 saturated heterocycles. The predicted molar refractivity (Wildman–Crippen MR) is 67.5 cm³/mol. The molecule has 0 amide bonds. The molecule has 19 heavy (non-hydrogen) atoms. The lowest BCUT2D eigenvalue weighted by Gasteiger charge is -2.16. The van der Waals surface area contributed by atoms with E-state index in [1.54, 1.807) is 12.3 Å². The van der Waals surface area contributed by atoms with Crippen molar-refractivity contribution < 1.29 is 9.59 Å². The Morgan fingerprint density at radius 1 is 1.11 bits per heavy atom. The second kappa shape index (κ2) is 3.98. The fraction of sp³-hybridized carbons (Fsp3) is 0.143. The molecule has 1 aliphatic carbocycles. The van der Waals surface area contributed by atoms with Gasteiger partial charge in [0, 0.05) is 12.3 Å². The van der Waals surface area contributed by atoms with Gasteiger partial charge in [-0.05, 0) is 24.1 Å². The molecule has 0 bridgehead atoms. The van der Waals surface area contributed by atoms with Crippen LogP contribution in [0.4, 0.5) is 0 Å². The molecule has 0 unspecified atom stereocenters. The van der Waals surface area contributed by atoms with Gasteiger partial charge in [0.25, 0.3) is 0 Å². The van der Waals surface area contributed by atoms with Crippen molar-refractivity contribution in [3.8, 4) is 0 Å². The molecule has 0 atom stereocenters. The fourth-order valence-corrected chi connectivity index (χ4v) is 2.16. The van der Waals surface area contributed by atoms with Gasteiger partial charge in [-0.15, -0.1) is 0 Å². The van der Waals surface area contributed by atoms with E-state index in [1.165, 1.54) is 12.1 Å². The summed E-state index contributed by atoms with van der Waals surface area (Å²) in [4.78, 5) is 42.3. The molecule has 2 aromatic heterocycles. The molecule has 2 aromatic rings. The van der Waals surface area contributed by atoms with E-state index < -0.39 is 11.3 Å². The number of carbonyl (C=O) groups is 2. The monoisotopic (exact) mass is 254 g/mol. The van der Waals surface area contributed by atoms with Crippen LogP contribution in [0.3, 0.4) is 0 Å². The van der Waals surface area contributed by atoms with Crippen LogP contribution in [-0.4, -0.2) is 21.5 Å². The Labute approximate surface area is 108 Å². The molecule has 94 valence electrons. The molecule has 2 heterocycles. The fourth-order valence-electron chi connectivity index (χ4n) is 2.16. The number of aromatic amines is 1. The molecule has 0 saturated carbocycles. The Kier molecular flexibility index (Phi) is 2.41. The normalized spacial score (nSPS) is 13.1. The summed E-state index contributed by atoms with van der Waals surface area (Å²) in [5.41, 5.74) is 1.16. The van der Waals surface area contributed by atoms with E-state index in [0.29, 0.717) is 5.56 Å². The van der Waals surface area contributed by atoms with Crippen LogP contribution in [0.2, 0.25) is 0 Å². The number of hydrogen-bond donors (Lipinski definition) is 1. The Morgan fingerprint density at radius 2 is 1.89 bits per heavy atom. The van der Waals surface area contributed by atoms with Crippen molar-refractivity contribution >= 4 is 11.6 Å². The lowest BCUT2D eigenvalue weighted by atomic mass is 9.89. The van der Waals surface area contributed by atoms with Gasteiger partial charge < -0.3 is 4.98 Å². The third-order valence-corrected chi connectivity index (χ3v) is 3.20. The maximum Gasteiger partial charge on any atom is 0.248 e. The van der Waals surface area contributed by atoms with Crippen molar-refractivity contribution in [2.24, 2.45) is 0 Å². The number of pyridine rings is 2. The second-order valence-corrected chi connectivity index (χ2v) is 4.36. The van der Waals surface area contributed by atoms with Crippen LogP contribution in [0.1, 0.15) is 44.6 Å². The maximum atomic E-state index is 12.3. The molecule has 0 aliphatic heterocycles. The van der Waals surface area contributed by atoms with Gasteiger partial charge in [0.1, 0.15) is 11.4 Å². The van der Waals surface area contributed by atoms with Crippen molar-refractivity contribution in [3.05, 3.63) is 62.8 Å². The van der Waals surface area contributed by atoms with Crippen LogP contribution in [0, 0.1) is 0 Å². The van der Waals surface area contributed by atoms with Gasteiger partial charge in [0.2, 0.25) is 11.3 Å². The summed E-state index contributed by atoms with van der Waals surface area (Å²) in [6, 6.07) is 4.32. The Balaban J connectivity index is 2.29. The summed E-state index contributed by atoms with van der Waals surface area (Å²) < 4.78 is 0. The molecule has 0 aromatic carbocycles. The van der Waals surface area contributed by atoms with E-state index in [2.05, 4.69) is 9.97 Å². The van der Waals surface area contributed by atoms with Gasteiger partial charge in [-0.25, -0.2) is 0 Å². The number of hydrogen-bond acceptors (Lipinski definition) is 4. The largest absolute Gasteiger partial charge is 0.318 e. The third-order valence-electron chi connectivity index (χ3n) is 3.20. The van der Waals surface area contributed by atoms with Crippen LogP contribution in [0.5, 0.6) is 0 Å². The number of carbonyl (C=O) groups excluding carboxylic acids is 2. The molecule has 0 spiro atoms. The van der Waals surface area contributed by atoms with Crippen molar-refractivity contribution in [1.29, 1.82) is 0 Å². The molecule has 0 fully saturated rings. The summed E-state index contributed by atoms with van der Waals surface area (Å²) in [5, 5.41) is 0. The van der Waals surface area contributed by atoms with Gasteiger partial charge >= 0.3 is 0 Å². The number of ketones is 2. The van der Waals surface area contributed by atoms with E-state index in [1.807, 2.05) is 6.92 Å². The molecule has 1 N–H and O–H groups in total. The van der Waals surface area contributed by atoms with Gasteiger partial charge in [-0.2, -0.15) is 0 Å². The summed E-state index contributed by atoms with van der Waals surface area (Å²) in [5.74, 6) is -0.686. The van der Waals surface area contributed by atoms with Crippen LogP contribution >= 0.6 is 0 Å². The van der Waals surface area contributed by atoms with Gasteiger partial charge in [0.15, 0.2) is 5.78 Å². The molecule has 1 aliphatic rings. The number of H-pyrrole nitrogens is 1. The number of fused-ring (bicyclic) bond motifs is 2. The molecular formula is C14H10N2O3. The number of nitrogens with zero attached hydrogens (tertiary/aromatic N) is 1. The van der Waals surface area contributed by atoms with Crippen molar-refractivity contribution in [3.63, 3.8) is 0 Å². The highest BCUT2D eigenvalue weighted by Gasteiger charge is 2.31. The second-order valence-electron chi connectivity index (χ2n) is 4.36. The zero-order valence-electron chi connectivity index (χ0n) is 10.2. The zero-order chi connectivity index (χ0) is 13.6. The quantitative estimate of drug-likeness (QED) is 0.705. The van der Waals surface area contributed by atoms with E-state index >= 15 is 0 Å². The molecule has 5 heteroatoms. The molecule has 0 radical (unpaired) electrons. The SMILES string of the molecule is CCc1cnc2c(c1)C(=O)c1ccc(=O)[nH]c1C2=O. The predicted octanol–water partition coefficient (Wildman–Crippen LogP) is 1.11. The first-order valence-electron chi connectivity index (χ1n) is 5.93. The molecule has 3 rings (SSSR count). The van der Waals surface area contributed by atoms with Gasteiger partial charge in [0.05, 0.1) is 11.1 Å². The summed E-state index contributed by atoms with van der Waals surface area (Å²) in [7, 11) is 0. The van der Waals surface area contributed by atoms with Gasteiger partial charge in [-0.1, -0.05) is 6.92 Å². The zero-order valence-corrected chi connectivity index (χ0v) is 10.2. The van der Waals surface area contributed by atoms with Gasteiger partial charge in [-0.3, -0.25) is 19.4 Å². The number of aryl methyl sites for hydroxylation is 1.